The number of nitrogens with one attached hydrogen (secondary N) is 1. The molecule has 1 aliphatic carbocycles. The minimum Gasteiger partial charge on any atom is -0.378 e. The number of ether oxygens (including phenoxy) is 1. The number of hydrogen-bond acceptors (Lipinski definition) is 3. The van der Waals surface area contributed by atoms with E-state index in [2.05, 4.69) is 31.0 Å². The molecule has 2 aliphatic rings. The fraction of sp³-hybridized carbons (Fsp3) is 1.00. The normalized spacial score (nSPS) is 34.9. The van der Waals surface area contributed by atoms with Crippen molar-refractivity contribution < 1.29 is 4.74 Å². The molecule has 1 saturated carbocycles. The maximum absolute atomic E-state index is 5.60. The number of nitrogens with zero attached hydrogens (tertiary/aromatic N) is 1. The minimum atomic E-state index is 0.614. The highest BCUT2D eigenvalue weighted by molar-refractivity contribution is 4.93. The van der Waals surface area contributed by atoms with Gasteiger partial charge in [-0.15, -0.1) is 0 Å². The Balaban J connectivity index is 1.83. The van der Waals surface area contributed by atoms with Crippen molar-refractivity contribution in [3.05, 3.63) is 0 Å². The van der Waals surface area contributed by atoms with Gasteiger partial charge in [-0.1, -0.05) is 20.8 Å². The van der Waals surface area contributed by atoms with Crippen LogP contribution in [-0.2, 0) is 4.74 Å². The van der Waals surface area contributed by atoms with Crippen LogP contribution < -0.4 is 5.32 Å². The third-order valence-electron chi connectivity index (χ3n) is 4.34. The van der Waals surface area contributed by atoms with Crippen LogP contribution >= 0.6 is 0 Å². The monoisotopic (exact) mass is 240 g/mol. The van der Waals surface area contributed by atoms with Crippen molar-refractivity contribution in [2.24, 2.45) is 5.92 Å². The summed E-state index contributed by atoms with van der Waals surface area (Å²) >= 11 is 0. The van der Waals surface area contributed by atoms with E-state index in [9.17, 15) is 0 Å². The molecular weight excluding hydrogens is 212 g/mol. The van der Waals surface area contributed by atoms with E-state index < -0.39 is 0 Å². The van der Waals surface area contributed by atoms with Crippen molar-refractivity contribution in [3.63, 3.8) is 0 Å². The lowest BCUT2D eigenvalue weighted by atomic mass is 9.77. The molecule has 3 heteroatoms. The van der Waals surface area contributed by atoms with Gasteiger partial charge < -0.3 is 10.1 Å². The van der Waals surface area contributed by atoms with E-state index in [-0.39, 0.29) is 0 Å². The second-order valence-electron chi connectivity index (χ2n) is 5.84. The minimum absolute atomic E-state index is 0.614. The molecule has 17 heavy (non-hydrogen) atoms. The predicted molar refractivity (Wildman–Crippen MR) is 71.3 cm³/mol. The molecule has 0 amide bonds. The van der Waals surface area contributed by atoms with Gasteiger partial charge in [0.25, 0.3) is 0 Å². The van der Waals surface area contributed by atoms with Crippen LogP contribution in [0.15, 0.2) is 0 Å². The zero-order valence-electron chi connectivity index (χ0n) is 11.6. The molecule has 2 fully saturated rings. The standard InChI is InChI=1S/C14H28N2O/c1-4-13-10-17-8-7-16(13)14-6-5-12(14)9-15-11(2)3/h11-15H,4-10H2,1-3H3. The molecule has 100 valence electrons. The Bertz CT molecular complexity index is 232. The summed E-state index contributed by atoms with van der Waals surface area (Å²) in [7, 11) is 0. The summed E-state index contributed by atoms with van der Waals surface area (Å²) in [5.74, 6) is 0.865. The summed E-state index contributed by atoms with van der Waals surface area (Å²) in [6, 6.07) is 2.09. The lowest BCUT2D eigenvalue weighted by molar-refractivity contribution is -0.0659. The molecule has 3 unspecified atom stereocenters. The molecule has 0 radical (unpaired) electrons. The lowest BCUT2D eigenvalue weighted by Gasteiger charge is -2.49. The SMILES string of the molecule is CCC1COCCN1C1CCC1CNC(C)C. The van der Waals surface area contributed by atoms with Crippen molar-refractivity contribution in [1.29, 1.82) is 0 Å². The van der Waals surface area contributed by atoms with Gasteiger partial charge in [-0.2, -0.15) is 0 Å². The fourth-order valence-corrected chi connectivity index (χ4v) is 3.07. The van der Waals surface area contributed by atoms with Crippen LogP contribution in [0.2, 0.25) is 0 Å². The molecule has 1 aliphatic heterocycles. The topological polar surface area (TPSA) is 24.5 Å². The Hall–Kier alpha value is -0.120. The van der Waals surface area contributed by atoms with E-state index in [0.29, 0.717) is 12.1 Å². The van der Waals surface area contributed by atoms with Gasteiger partial charge in [-0.3, -0.25) is 4.90 Å². The molecule has 0 bridgehead atoms. The molecule has 0 aromatic heterocycles. The first-order valence-corrected chi connectivity index (χ1v) is 7.29. The second-order valence-corrected chi connectivity index (χ2v) is 5.84. The molecule has 0 aromatic carbocycles. The summed E-state index contributed by atoms with van der Waals surface area (Å²) in [6.07, 6.45) is 4.01. The van der Waals surface area contributed by atoms with Gasteiger partial charge in [0, 0.05) is 24.7 Å². The molecule has 1 N–H and O–H groups in total. The summed E-state index contributed by atoms with van der Waals surface area (Å²) in [5, 5.41) is 3.59. The second kappa shape index (κ2) is 6.17. The highest BCUT2D eigenvalue weighted by atomic mass is 16.5. The lowest BCUT2D eigenvalue weighted by Crippen LogP contribution is -2.58. The highest BCUT2D eigenvalue weighted by Crippen LogP contribution is 2.34. The summed E-state index contributed by atoms with van der Waals surface area (Å²) in [4.78, 5) is 2.72. The Labute approximate surface area is 106 Å². The van der Waals surface area contributed by atoms with Crippen LogP contribution in [0.5, 0.6) is 0 Å². The Morgan fingerprint density at radius 1 is 1.35 bits per heavy atom. The quantitative estimate of drug-likeness (QED) is 0.794. The molecule has 1 saturated heterocycles. The van der Waals surface area contributed by atoms with Gasteiger partial charge in [0.1, 0.15) is 0 Å². The van der Waals surface area contributed by atoms with Gasteiger partial charge in [0.15, 0.2) is 0 Å². The number of hydrogen-bond donors (Lipinski definition) is 1. The average Bonchev–Trinajstić information content (AvgIpc) is 2.28. The predicted octanol–water partition coefficient (Wildman–Crippen LogP) is 1.87. The molecule has 3 nitrogen and oxygen atoms in total. The average molecular weight is 240 g/mol. The Morgan fingerprint density at radius 3 is 2.76 bits per heavy atom. The number of morpholine rings is 1. The van der Waals surface area contributed by atoms with Gasteiger partial charge in [-0.05, 0) is 31.7 Å². The third-order valence-corrected chi connectivity index (χ3v) is 4.34. The van der Waals surface area contributed by atoms with Gasteiger partial charge >= 0.3 is 0 Å². The van der Waals surface area contributed by atoms with Crippen LogP contribution in [0.25, 0.3) is 0 Å². The van der Waals surface area contributed by atoms with Crippen molar-refractivity contribution in [3.8, 4) is 0 Å². The number of rotatable bonds is 5. The van der Waals surface area contributed by atoms with Crippen LogP contribution in [0.1, 0.15) is 40.0 Å². The van der Waals surface area contributed by atoms with Gasteiger partial charge in [0.05, 0.1) is 13.2 Å². The molecule has 2 rings (SSSR count). The Kier molecular flexibility index (Phi) is 4.83. The van der Waals surface area contributed by atoms with Gasteiger partial charge in [-0.25, -0.2) is 0 Å². The zero-order valence-corrected chi connectivity index (χ0v) is 11.6. The van der Waals surface area contributed by atoms with E-state index >= 15 is 0 Å². The first-order valence-electron chi connectivity index (χ1n) is 7.29. The van der Waals surface area contributed by atoms with Crippen LogP contribution in [0, 0.1) is 5.92 Å². The van der Waals surface area contributed by atoms with Crippen molar-refractivity contribution >= 4 is 0 Å². The van der Waals surface area contributed by atoms with E-state index in [1.54, 1.807) is 0 Å². The van der Waals surface area contributed by atoms with E-state index in [1.807, 2.05) is 0 Å². The van der Waals surface area contributed by atoms with Crippen LogP contribution in [0.4, 0.5) is 0 Å². The molecule has 0 spiro atoms. The largest absolute Gasteiger partial charge is 0.378 e. The summed E-state index contributed by atoms with van der Waals surface area (Å²) in [6.45, 7) is 11.0. The maximum atomic E-state index is 5.60. The van der Waals surface area contributed by atoms with Crippen LogP contribution in [-0.4, -0.2) is 49.3 Å². The third kappa shape index (κ3) is 3.21. The zero-order chi connectivity index (χ0) is 12.3. The highest BCUT2D eigenvalue weighted by Gasteiger charge is 2.38. The van der Waals surface area contributed by atoms with Crippen molar-refractivity contribution in [2.45, 2.75) is 58.2 Å². The maximum Gasteiger partial charge on any atom is 0.0622 e. The Morgan fingerprint density at radius 2 is 2.18 bits per heavy atom. The molecule has 1 heterocycles. The van der Waals surface area contributed by atoms with Crippen molar-refractivity contribution in [2.75, 3.05) is 26.3 Å². The molecule has 3 atom stereocenters. The first-order chi connectivity index (χ1) is 8.22. The van der Waals surface area contributed by atoms with E-state index in [1.165, 1.54) is 25.8 Å². The first kappa shape index (κ1) is 13.3. The summed E-state index contributed by atoms with van der Waals surface area (Å²) in [5.41, 5.74) is 0. The molecular formula is C14H28N2O. The smallest absolute Gasteiger partial charge is 0.0622 e. The fourth-order valence-electron chi connectivity index (χ4n) is 3.07. The van der Waals surface area contributed by atoms with Crippen LogP contribution in [0.3, 0.4) is 0 Å². The van der Waals surface area contributed by atoms with Gasteiger partial charge in [0.2, 0.25) is 0 Å². The molecule has 0 aromatic rings. The van der Waals surface area contributed by atoms with Crippen molar-refractivity contribution in [1.82, 2.24) is 10.2 Å². The van der Waals surface area contributed by atoms with E-state index in [4.69, 9.17) is 4.74 Å². The van der Waals surface area contributed by atoms with E-state index in [0.717, 1.165) is 31.7 Å². The summed E-state index contributed by atoms with van der Waals surface area (Å²) < 4.78 is 5.60.